The van der Waals surface area contributed by atoms with Crippen LogP contribution in [0.25, 0.3) is 0 Å². The Bertz CT molecular complexity index is 421. The SMILES string of the molecule is CC1(N)CCCCC1c1nc(C2CCCCC2)no1. The largest absolute Gasteiger partial charge is 0.339 e. The lowest BCUT2D eigenvalue weighted by Crippen LogP contribution is -2.44. The van der Waals surface area contributed by atoms with Crippen LogP contribution in [0.1, 0.15) is 88.3 Å². The predicted molar refractivity (Wildman–Crippen MR) is 73.9 cm³/mol. The molecule has 0 aromatic carbocycles. The molecule has 2 fully saturated rings. The molecule has 2 saturated carbocycles. The summed E-state index contributed by atoms with van der Waals surface area (Å²) in [6.45, 7) is 2.13. The summed E-state index contributed by atoms with van der Waals surface area (Å²) in [4.78, 5) is 4.70. The number of nitrogens with zero attached hydrogens (tertiary/aromatic N) is 2. The third-order valence-corrected chi connectivity index (χ3v) is 4.98. The summed E-state index contributed by atoms with van der Waals surface area (Å²) < 4.78 is 5.55. The van der Waals surface area contributed by atoms with Crippen LogP contribution in [0.4, 0.5) is 0 Å². The maximum atomic E-state index is 6.41. The van der Waals surface area contributed by atoms with E-state index in [1.165, 1.54) is 44.9 Å². The number of nitrogens with two attached hydrogens (primary N) is 1. The molecular formula is C15H25N3O. The quantitative estimate of drug-likeness (QED) is 0.887. The fourth-order valence-corrected chi connectivity index (χ4v) is 3.68. The standard InChI is InChI=1S/C15H25N3O/c1-15(16)10-6-5-9-12(15)14-17-13(18-19-14)11-7-3-2-4-8-11/h11-12H,2-10,16H2,1H3. The first-order chi connectivity index (χ1) is 9.17. The summed E-state index contributed by atoms with van der Waals surface area (Å²) in [5.41, 5.74) is 6.23. The van der Waals surface area contributed by atoms with E-state index in [9.17, 15) is 0 Å². The predicted octanol–water partition coefficient (Wildman–Crippen LogP) is 3.49. The molecule has 4 nitrogen and oxygen atoms in total. The molecule has 0 aliphatic heterocycles. The molecule has 0 amide bonds. The van der Waals surface area contributed by atoms with Crippen LogP contribution in [0.15, 0.2) is 4.52 Å². The smallest absolute Gasteiger partial charge is 0.231 e. The van der Waals surface area contributed by atoms with E-state index in [-0.39, 0.29) is 11.5 Å². The minimum atomic E-state index is -0.186. The van der Waals surface area contributed by atoms with Gasteiger partial charge in [0.15, 0.2) is 5.82 Å². The van der Waals surface area contributed by atoms with Gasteiger partial charge in [0, 0.05) is 11.5 Å². The zero-order valence-electron chi connectivity index (χ0n) is 11.9. The van der Waals surface area contributed by atoms with E-state index in [4.69, 9.17) is 15.2 Å². The van der Waals surface area contributed by atoms with Crippen molar-refractivity contribution in [3.63, 3.8) is 0 Å². The second kappa shape index (κ2) is 5.23. The van der Waals surface area contributed by atoms with E-state index in [0.29, 0.717) is 5.92 Å². The van der Waals surface area contributed by atoms with Gasteiger partial charge in [-0.3, -0.25) is 0 Å². The second-order valence-electron chi connectivity index (χ2n) is 6.63. The van der Waals surface area contributed by atoms with E-state index in [1.807, 2.05) is 0 Å². The summed E-state index contributed by atoms with van der Waals surface area (Å²) >= 11 is 0. The topological polar surface area (TPSA) is 64.9 Å². The molecule has 1 heterocycles. The van der Waals surface area contributed by atoms with E-state index in [2.05, 4.69) is 12.1 Å². The summed E-state index contributed by atoms with van der Waals surface area (Å²) in [5, 5.41) is 4.24. The van der Waals surface area contributed by atoms with Crippen molar-refractivity contribution < 1.29 is 4.52 Å². The molecular weight excluding hydrogens is 238 g/mol. The van der Waals surface area contributed by atoms with Crippen molar-refractivity contribution >= 4 is 0 Å². The molecule has 0 saturated heterocycles. The maximum Gasteiger partial charge on any atom is 0.231 e. The number of hydrogen-bond acceptors (Lipinski definition) is 4. The Morgan fingerprint density at radius 1 is 1.11 bits per heavy atom. The molecule has 106 valence electrons. The fourth-order valence-electron chi connectivity index (χ4n) is 3.68. The van der Waals surface area contributed by atoms with E-state index in [0.717, 1.165) is 24.6 Å². The van der Waals surface area contributed by atoms with Crippen LogP contribution in [0.2, 0.25) is 0 Å². The second-order valence-corrected chi connectivity index (χ2v) is 6.63. The molecule has 2 aliphatic rings. The molecule has 0 bridgehead atoms. The monoisotopic (exact) mass is 263 g/mol. The van der Waals surface area contributed by atoms with Gasteiger partial charge in [0.05, 0.1) is 5.92 Å². The van der Waals surface area contributed by atoms with Crippen molar-refractivity contribution in [2.75, 3.05) is 0 Å². The molecule has 1 aromatic rings. The summed E-state index contributed by atoms with van der Waals surface area (Å²) in [7, 11) is 0. The van der Waals surface area contributed by atoms with Gasteiger partial charge < -0.3 is 10.3 Å². The van der Waals surface area contributed by atoms with Gasteiger partial charge in [-0.1, -0.05) is 37.3 Å². The van der Waals surface area contributed by atoms with E-state index >= 15 is 0 Å². The van der Waals surface area contributed by atoms with Crippen LogP contribution in [0.3, 0.4) is 0 Å². The zero-order valence-corrected chi connectivity index (χ0v) is 11.9. The van der Waals surface area contributed by atoms with E-state index < -0.39 is 0 Å². The maximum absolute atomic E-state index is 6.41. The molecule has 2 atom stereocenters. The Hall–Kier alpha value is -0.900. The van der Waals surface area contributed by atoms with Crippen molar-refractivity contribution in [3.05, 3.63) is 11.7 Å². The van der Waals surface area contributed by atoms with E-state index in [1.54, 1.807) is 0 Å². The lowest BCUT2D eigenvalue weighted by Gasteiger charge is -2.35. The van der Waals surface area contributed by atoms with Gasteiger partial charge in [0.25, 0.3) is 0 Å². The molecule has 0 radical (unpaired) electrons. The van der Waals surface area contributed by atoms with Crippen molar-refractivity contribution in [2.45, 2.75) is 82.1 Å². The van der Waals surface area contributed by atoms with Crippen molar-refractivity contribution in [3.8, 4) is 0 Å². The number of rotatable bonds is 2. The average molecular weight is 263 g/mol. The Kier molecular flexibility index (Phi) is 3.61. The molecule has 2 aliphatic carbocycles. The van der Waals surface area contributed by atoms with Gasteiger partial charge in [-0.25, -0.2) is 0 Å². The van der Waals surface area contributed by atoms with Crippen molar-refractivity contribution in [2.24, 2.45) is 5.73 Å². The van der Waals surface area contributed by atoms with Crippen LogP contribution in [-0.2, 0) is 0 Å². The highest BCUT2D eigenvalue weighted by Crippen LogP contribution is 2.39. The van der Waals surface area contributed by atoms with Gasteiger partial charge in [-0.05, 0) is 32.6 Å². The first-order valence-electron chi connectivity index (χ1n) is 7.79. The van der Waals surface area contributed by atoms with Crippen molar-refractivity contribution in [1.29, 1.82) is 0 Å². The Morgan fingerprint density at radius 2 is 1.84 bits per heavy atom. The minimum Gasteiger partial charge on any atom is -0.339 e. The molecule has 0 spiro atoms. The summed E-state index contributed by atoms with van der Waals surface area (Å²) in [6, 6.07) is 0. The third-order valence-electron chi connectivity index (χ3n) is 4.98. The molecule has 4 heteroatoms. The van der Waals surface area contributed by atoms with Gasteiger partial charge in [-0.15, -0.1) is 0 Å². The third kappa shape index (κ3) is 2.69. The summed E-state index contributed by atoms with van der Waals surface area (Å²) in [6.07, 6.45) is 10.9. The molecule has 2 unspecified atom stereocenters. The highest BCUT2D eigenvalue weighted by Gasteiger charge is 2.38. The lowest BCUT2D eigenvalue weighted by molar-refractivity contribution is 0.222. The van der Waals surface area contributed by atoms with Crippen LogP contribution in [0, 0.1) is 0 Å². The van der Waals surface area contributed by atoms with Gasteiger partial charge >= 0.3 is 0 Å². The Labute approximate surface area is 115 Å². The summed E-state index contributed by atoms with van der Waals surface area (Å²) in [5.74, 6) is 2.46. The van der Waals surface area contributed by atoms with Crippen LogP contribution < -0.4 is 5.73 Å². The normalized spacial score (nSPS) is 33.5. The van der Waals surface area contributed by atoms with Gasteiger partial charge in [-0.2, -0.15) is 4.98 Å². The van der Waals surface area contributed by atoms with Gasteiger partial charge in [0.1, 0.15) is 0 Å². The highest BCUT2D eigenvalue weighted by molar-refractivity contribution is 5.08. The van der Waals surface area contributed by atoms with Crippen LogP contribution in [-0.4, -0.2) is 15.7 Å². The number of aromatic nitrogens is 2. The van der Waals surface area contributed by atoms with Crippen molar-refractivity contribution in [1.82, 2.24) is 10.1 Å². The highest BCUT2D eigenvalue weighted by atomic mass is 16.5. The average Bonchev–Trinajstić information content (AvgIpc) is 2.88. The molecule has 3 rings (SSSR count). The minimum absolute atomic E-state index is 0.186. The van der Waals surface area contributed by atoms with Crippen LogP contribution >= 0.6 is 0 Å². The number of hydrogen-bond donors (Lipinski definition) is 1. The zero-order chi connectivity index (χ0) is 13.3. The van der Waals surface area contributed by atoms with Crippen LogP contribution in [0.5, 0.6) is 0 Å². The van der Waals surface area contributed by atoms with Gasteiger partial charge in [0.2, 0.25) is 5.89 Å². The Balaban J connectivity index is 1.76. The first-order valence-corrected chi connectivity index (χ1v) is 7.79. The molecule has 1 aromatic heterocycles. The fraction of sp³-hybridized carbons (Fsp3) is 0.867. The molecule has 2 N–H and O–H groups in total. The Morgan fingerprint density at radius 3 is 2.58 bits per heavy atom. The first kappa shape index (κ1) is 13.1. The molecule has 19 heavy (non-hydrogen) atoms. The lowest BCUT2D eigenvalue weighted by atomic mass is 9.74.